The first-order valence-electron chi connectivity index (χ1n) is 4.29. The van der Waals surface area contributed by atoms with Crippen LogP contribution in [0, 0.1) is 0 Å². The first-order chi connectivity index (χ1) is 8.24. The molecule has 0 bridgehead atoms. The molecule has 0 aliphatic rings. The van der Waals surface area contributed by atoms with Crippen LogP contribution in [0.1, 0.15) is 16.7 Å². The first kappa shape index (κ1) is 15.9. The third kappa shape index (κ3) is 3.46. The second-order valence-corrected chi connectivity index (χ2v) is 3.78. The normalized spacial score (nSPS) is 13.8. The highest BCUT2D eigenvalue weighted by molar-refractivity contribution is 6.31. The summed E-state index contributed by atoms with van der Waals surface area (Å²) < 4.78 is 111. The van der Waals surface area contributed by atoms with E-state index in [2.05, 4.69) is 0 Å². The van der Waals surface area contributed by atoms with Crippen LogP contribution < -0.4 is 0 Å². The van der Waals surface area contributed by atoms with E-state index in [-0.39, 0.29) is 6.07 Å². The molecule has 19 heavy (non-hydrogen) atoms. The minimum absolute atomic E-state index is 0.382. The van der Waals surface area contributed by atoms with Crippen molar-refractivity contribution < 1.29 is 39.5 Å². The highest BCUT2D eigenvalue weighted by atomic mass is 35.5. The summed E-state index contributed by atoms with van der Waals surface area (Å²) in [5.74, 6) is 0. The fraction of sp³-hybridized carbons (Fsp3) is 0.333. The van der Waals surface area contributed by atoms with Crippen molar-refractivity contribution in [3.8, 4) is 0 Å². The molecule has 0 aliphatic heterocycles. The fourth-order valence-corrected chi connectivity index (χ4v) is 1.53. The van der Waals surface area contributed by atoms with E-state index in [1.807, 2.05) is 0 Å². The molecule has 0 aliphatic carbocycles. The van der Waals surface area contributed by atoms with Crippen molar-refractivity contribution in [2.24, 2.45) is 0 Å². The van der Waals surface area contributed by atoms with E-state index >= 15 is 0 Å². The van der Waals surface area contributed by atoms with Crippen molar-refractivity contribution in [3.63, 3.8) is 0 Å². The predicted octanol–water partition coefficient (Wildman–Crippen LogP) is 5.40. The molecule has 10 heteroatoms. The zero-order chi connectivity index (χ0) is 15.2. The number of rotatable bonds is 0. The van der Waals surface area contributed by atoms with Gasteiger partial charge in [-0.05, 0) is 12.1 Å². The summed E-state index contributed by atoms with van der Waals surface area (Å²) in [6.45, 7) is 0. The Morgan fingerprint density at radius 2 is 0.895 bits per heavy atom. The Hall–Kier alpha value is -1.12. The molecule has 0 nitrogen and oxygen atoms in total. The molecule has 0 saturated heterocycles. The van der Waals surface area contributed by atoms with Crippen LogP contribution >= 0.6 is 11.6 Å². The number of hydrogen-bond acceptors (Lipinski definition) is 0. The van der Waals surface area contributed by atoms with Crippen LogP contribution in [0.5, 0.6) is 0 Å². The van der Waals surface area contributed by atoms with E-state index in [1.54, 1.807) is 0 Å². The van der Waals surface area contributed by atoms with Gasteiger partial charge in [-0.2, -0.15) is 39.5 Å². The average Bonchev–Trinajstić information content (AvgIpc) is 2.11. The quantitative estimate of drug-likeness (QED) is 0.562. The smallest absolute Gasteiger partial charge is 0.166 e. The van der Waals surface area contributed by atoms with E-state index in [0.717, 1.165) is 0 Å². The van der Waals surface area contributed by atoms with Gasteiger partial charge in [0.2, 0.25) is 0 Å². The lowest BCUT2D eigenvalue weighted by Crippen LogP contribution is -2.19. The van der Waals surface area contributed by atoms with E-state index in [0.29, 0.717) is 0 Å². The third-order valence-electron chi connectivity index (χ3n) is 2.02. The number of benzene rings is 1. The van der Waals surface area contributed by atoms with Crippen molar-refractivity contribution in [2.45, 2.75) is 18.5 Å². The van der Waals surface area contributed by atoms with Crippen LogP contribution in [-0.2, 0) is 18.5 Å². The fourth-order valence-electron chi connectivity index (χ4n) is 1.26. The molecule has 0 spiro atoms. The topological polar surface area (TPSA) is 0 Å². The first-order valence-corrected chi connectivity index (χ1v) is 4.67. The minimum Gasteiger partial charge on any atom is -0.166 e. The molecule has 0 fully saturated rings. The van der Waals surface area contributed by atoms with Gasteiger partial charge in [0.05, 0.1) is 21.7 Å². The van der Waals surface area contributed by atoms with E-state index in [4.69, 9.17) is 11.6 Å². The monoisotopic (exact) mass is 316 g/mol. The standard InChI is InChI=1S/C9H2ClF9/c10-6-2-4(8(14,15)16)3(7(11,12)13)1-5(6)9(17,18)19/h1-2H. The predicted molar refractivity (Wildman–Crippen MR) is 46.5 cm³/mol. The molecule has 108 valence electrons. The summed E-state index contributed by atoms with van der Waals surface area (Å²) in [4.78, 5) is 0. The van der Waals surface area contributed by atoms with Gasteiger partial charge in [-0.3, -0.25) is 0 Å². The number of halogens is 10. The lowest BCUT2D eigenvalue weighted by molar-refractivity contribution is -0.163. The summed E-state index contributed by atoms with van der Waals surface area (Å²) in [6.07, 6.45) is -16.4. The second-order valence-electron chi connectivity index (χ2n) is 3.37. The lowest BCUT2D eigenvalue weighted by Gasteiger charge is -2.18. The summed E-state index contributed by atoms with van der Waals surface area (Å²) in [7, 11) is 0. The minimum atomic E-state index is -5.59. The van der Waals surface area contributed by atoms with Crippen LogP contribution in [0.25, 0.3) is 0 Å². The maximum absolute atomic E-state index is 12.4. The zero-order valence-corrected chi connectivity index (χ0v) is 9.19. The van der Waals surface area contributed by atoms with Gasteiger partial charge in [0.15, 0.2) is 0 Å². The van der Waals surface area contributed by atoms with Gasteiger partial charge in [0.25, 0.3) is 0 Å². The van der Waals surface area contributed by atoms with Crippen molar-refractivity contribution in [1.82, 2.24) is 0 Å². The van der Waals surface area contributed by atoms with Gasteiger partial charge in [-0.15, -0.1) is 0 Å². The Bertz CT molecular complexity index is 480. The van der Waals surface area contributed by atoms with Gasteiger partial charge in [0, 0.05) is 0 Å². The summed E-state index contributed by atoms with van der Waals surface area (Å²) in [5.41, 5.74) is -6.68. The van der Waals surface area contributed by atoms with Gasteiger partial charge < -0.3 is 0 Å². The summed E-state index contributed by atoms with van der Waals surface area (Å²) in [5, 5.41) is -1.45. The number of alkyl halides is 9. The van der Waals surface area contributed by atoms with Crippen molar-refractivity contribution in [3.05, 3.63) is 33.8 Å². The highest BCUT2D eigenvalue weighted by Crippen LogP contribution is 2.45. The molecule has 0 radical (unpaired) electrons. The van der Waals surface area contributed by atoms with Crippen molar-refractivity contribution in [1.29, 1.82) is 0 Å². The second kappa shape index (κ2) is 4.46. The maximum Gasteiger partial charge on any atom is 0.417 e. The molecular weight excluding hydrogens is 315 g/mol. The summed E-state index contributed by atoms with van der Waals surface area (Å²) >= 11 is 4.95. The summed E-state index contributed by atoms with van der Waals surface area (Å²) in [6, 6.07) is -1.03. The van der Waals surface area contributed by atoms with E-state index in [1.165, 1.54) is 0 Å². The highest BCUT2D eigenvalue weighted by Gasteiger charge is 2.46. The largest absolute Gasteiger partial charge is 0.417 e. The molecular formula is C9H2ClF9. The van der Waals surface area contributed by atoms with Gasteiger partial charge in [0.1, 0.15) is 0 Å². The average molecular weight is 317 g/mol. The molecule has 0 N–H and O–H groups in total. The molecule has 1 aromatic rings. The van der Waals surface area contributed by atoms with Gasteiger partial charge in [-0.25, -0.2) is 0 Å². The molecule has 0 atom stereocenters. The Morgan fingerprint density at radius 3 is 1.21 bits per heavy atom. The van der Waals surface area contributed by atoms with Crippen LogP contribution in [-0.4, -0.2) is 0 Å². The molecule has 1 aromatic carbocycles. The number of hydrogen-bond donors (Lipinski definition) is 0. The van der Waals surface area contributed by atoms with E-state index < -0.39 is 46.3 Å². The Balaban J connectivity index is 3.66. The molecule has 0 unspecified atom stereocenters. The lowest BCUT2D eigenvalue weighted by atomic mass is 10.0. The Labute approximate surface area is 104 Å². The van der Waals surface area contributed by atoms with Crippen LogP contribution in [0.2, 0.25) is 5.02 Å². The van der Waals surface area contributed by atoms with Crippen molar-refractivity contribution in [2.75, 3.05) is 0 Å². The molecule has 1 rings (SSSR count). The third-order valence-corrected chi connectivity index (χ3v) is 2.34. The molecule has 0 saturated carbocycles. The molecule has 0 heterocycles. The van der Waals surface area contributed by atoms with Gasteiger partial charge in [-0.1, -0.05) is 11.6 Å². The Kier molecular flexibility index (Phi) is 3.74. The molecule has 0 amide bonds. The SMILES string of the molecule is FC(F)(F)c1cc(C(F)(F)F)c(C(F)(F)F)cc1Cl. The van der Waals surface area contributed by atoms with Gasteiger partial charge >= 0.3 is 18.5 Å². The van der Waals surface area contributed by atoms with Crippen LogP contribution in [0.15, 0.2) is 12.1 Å². The van der Waals surface area contributed by atoms with Crippen LogP contribution in [0.4, 0.5) is 39.5 Å². The molecule has 0 aromatic heterocycles. The zero-order valence-electron chi connectivity index (χ0n) is 8.43. The Morgan fingerprint density at radius 1 is 0.579 bits per heavy atom. The van der Waals surface area contributed by atoms with Crippen LogP contribution in [0.3, 0.4) is 0 Å². The maximum atomic E-state index is 12.4. The van der Waals surface area contributed by atoms with Crippen molar-refractivity contribution >= 4 is 11.6 Å². The van der Waals surface area contributed by atoms with E-state index in [9.17, 15) is 39.5 Å².